The Kier molecular flexibility index (Phi) is 4.99. The van der Waals surface area contributed by atoms with Crippen molar-refractivity contribution in [2.45, 2.75) is 18.4 Å². The predicted octanol–water partition coefficient (Wildman–Crippen LogP) is 3.91. The van der Waals surface area contributed by atoms with Crippen molar-refractivity contribution in [3.63, 3.8) is 0 Å². The molecular formula is C25H29N3O2. The number of carbonyl (C=O) groups excluding carboxylic acids is 1. The van der Waals surface area contributed by atoms with E-state index in [1.54, 1.807) is 7.11 Å². The van der Waals surface area contributed by atoms with Crippen LogP contribution in [0.1, 0.15) is 39.9 Å². The summed E-state index contributed by atoms with van der Waals surface area (Å²) in [5, 5.41) is 3.78. The van der Waals surface area contributed by atoms with Crippen LogP contribution < -0.4 is 10.1 Å². The molecule has 0 spiro atoms. The fourth-order valence-corrected chi connectivity index (χ4v) is 5.14. The van der Waals surface area contributed by atoms with Crippen molar-refractivity contribution in [1.29, 1.82) is 0 Å². The van der Waals surface area contributed by atoms with Crippen LogP contribution in [0.4, 0.5) is 5.69 Å². The van der Waals surface area contributed by atoms with Crippen LogP contribution >= 0.6 is 0 Å². The van der Waals surface area contributed by atoms with Gasteiger partial charge < -0.3 is 19.9 Å². The van der Waals surface area contributed by atoms with Gasteiger partial charge in [-0.3, -0.25) is 4.79 Å². The van der Waals surface area contributed by atoms with Crippen LogP contribution in [0.2, 0.25) is 0 Å². The van der Waals surface area contributed by atoms with E-state index in [4.69, 9.17) is 4.74 Å². The summed E-state index contributed by atoms with van der Waals surface area (Å²) in [4.78, 5) is 17.7. The molecule has 1 aliphatic carbocycles. The Morgan fingerprint density at radius 3 is 2.70 bits per heavy atom. The number of hydrogen-bond acceptors (Lipinski definition) is 4. The number of anilines is 1. The van der Waals surface area contributed by atoms with E-state index in [-0.39, 0.29) is 11.9 Å². The van der Waals surface area contributed by atoms with Gasteiger partial charge in [-0.2, -0.15) is 0 Å². The van der Waals surface area contributed by atoms with Crippen molar-refractivity contribution in [1.82, 2.24) is 9.80 Å². The summed E-state index contributed by atoms with van der Waals surface area (Å²) in [5.41, 5.74) is 4.25. The second-order valence-electron chi connectivity index (χ2n) is 8.62. The van der Waals surface area contributed by atoms with Crippen LogP contribution in [0, 0.1) is 5.92 Å². The van der Waals surface area contributed by atoms with Crippen LogP contribution in [0.25, 0.3) is 0 Å². The summed E-state index contributed by atoms with van der Waals surface area (Å²) in [6.07, 6.45) is 5.64. The normalized spacial score (nSPS) is 25.4. The molecule has 2 aliphatic heterocycles. The average molecular weight is 404 g/mol. The van der Waals surface area contributed by atoms with Gasteiger partial charge in [0.15, 0.2) is 0 Å². The Bertz CT molecular complexity index is 978. The molecule has 30 heavy (non-hydrogen) atoms. The standard InChI is InChI=1S/C25H29N3O2/c1-27-12-14-28(15-13-27)25(29)22-11-5-10-21-19-8-4-9-20(19)23(26-24(21)22)17-6-3-7-18(16-17)30-2/h3-8,10-11,16,19-20,23,26H,9,12-15H2,1-2H3. The Morgan fingerprint density at radius 2 is 1.90 bits per heavy atom. The minimum Gasteiger partial charge on any atom is -0.497 e. The van der Waals surface area contributed by atoms with Gasteiger partial charge in [0.05, 0.1) is 24.4 Å². The number of ether oxygens (including phenoxy) is 1. The number of benzene rings is 2. The van der Waals surface area contributed by atoms with E-state index in [1.165, 1.54) is 11.1 Å². The molecule has 3 atom stereocenters. The molecule has 5 heteroatoms. The van der Waals surface area contributed by atoms with Crippen LogP contribution in [0.15, 0.2) is 54.6 Å². The Labute approximate surface area is 178 Å². The highest BCUT2D eigenvalue weighted by molar-refractivity contribution is 6.01. The molecule has 0 bridgehead atoms. The number of methoxy groups -OCH3 is 1. The number of nitrogens with zero attached hydrogens (tertiary/aromatic N) is 2. The van der Waals surface area contributed by atoms with Gasteiger partial charge in [-0.25, -0.2) is 0 Å². The average Bonchev–Trinajstić information content (AvgIpc) is 3.28. The summed E-state index contributed by atoms with van der Waals surface area (Å²) < 4.78 is 5.47. The van der Waals surface area contributed by atoms with Gasteiger partial charge in [-0.15, -0.1) is 0 Å². The largest absolute Gasteiger partial charge is 0.497 e. The summed E-state index contributed by atoms with van der Waals surface area (Å²) in [6.45, 7) is 3.41. The molecule has 0 radical (unpaired) electrons. The molecular weight excluding hydrogens is 374 g/mol. The summed E-state index contributed by atoms with van der Waals surface area (Å²) >= 11 is 0. The first-order valence-corrected chi connectivity index (χ1v) is 10.8. The second kappa shape index (κ2) is 7.80. The Balaban J connectivity index is 1.52. The summed E-state index contributed by atoms with van der Waals surface area (Å²) in [5.74, 6) is 1.78. The highest BCUT2D eigenvalue weighted by Gasteiger charge is 2.39. The molecule has 3 unspecified atom stereocenters. The van der Waals surface area contributed by atoms with E-state index in [0.29, 0.717) is 11.8 Å². The molecule has 1 saturated heterocycles. The fraction of sp³-hybridized carbons (Fsp3) is 0.400. The zero-order chi connectivity index (χ0) is 20.7. The number of hydrogen-bond donors (Lipinski definition) is 1. The minimum absolute atomic E-state index is 0.136. The van der Waals surface area contributed by atoms with Gasteiger partial charge in [0.1, 0.15) is 5.75 Å². The zero-order valence-corrected chi connectivity index (χ0v) is 17.7. The number of rotatable bonds is 3. The van der Waals surface area contributed by atoms with Crippen molar-refractivity contribution in [3.8, 4) is 5.75 Å². The smallest absolute Gasteiger partial charge is 0.256 e. The first-order chi connectivity index (χ1) is 14.7. The van der Waals surface area contributed by atoms with E-state index in [2.05, 4.69) is 47.6 Å². The van der Waals surface area contributed by atoms with E-state index in [9.17, 15) is 4.79 Å². The molecule has 1 N–H and O–H groups in total. The third kappa shape index (κ3) is 3.27. The van der Waals surface area contributed by atoms with Crippen LogP contribution in [0.5, 0.6) is 5.75 Å². The van der Waals surface area contributed by atoms with E-state index in [1.807, 2.05) is 29.2 Å². The van der Waals surface area contributed by atoms with Gasteiger partial charge >= 0.3 is 0 Å². The van der Waals surface area contributed by atoms with Crippen molar-refractivity contribution in [2.24, 2.45) is 5.92 Å². The Morgan fingerprint density at radius 1 is 1.10 bits per heavy atom. The number of carbonyl (C=O) groups is 1. The van der Waals surface area contributed by atoms with E-state index in [0.717, 1.165) is 49.6 Å². The van der Waals surface area contributed by atoms with Crippen LogP contribution in [0.3, 0.4) is 0 Å². The van der Waals surface area contributed by atoms with E-state index < -0.39 is 0 Å². The van der Waals surface area contributed by atoms with Crippen LogP contribution in [-0.4, -0.2) is 56.0 Å². The molecule has 5 rings (SSSR count). The van der Waals surface area contributed by atoms with Gasteiger partial charge in [-0.1, -0.05) is 36.4 Å². The maximum absolute atomic E-state index is 13.4. The lowest BCUT2D eigenvalue weighted by Crippen LogP contribution is -2.47. The van der Waals surface area contributed by atoms with Gasteiger partial charge in [0, 0.05) is 32.1 Å². The molecule has 156 valence electrons. The van der Waals surface area contributed by atoms with E-state index >= 15 is 0 Å². The number of fused-ring (bicyclic) bond motifs is 3. The second-order valence-corrected chi connectivity index (χ2v) is 8.62. The van der Waals surface area contributed by atoms with Gasteiger partial charge in [-0.05, 0) is 48.7 Å². The number of piperazine rings is 1. The molecule has 0 saturated carbocycles. The fourth-order valence-electron chi connectivity index (χ4n) is 5.14. The monoisotopic (exact) mass is 403 g/mol. The number of amides is 1. The molecule has 2 aromatic carbocycles. The maximum Gasteiger partial charge on any atom is 0.256 e. The highest BCUT2D eigenvalue weighted by Crippen LogP contribution is 2.51. The lowest BCUT2D eigenvalue weighted by Gasteiger charge is -2.39. The first-order valence-electron chi connectivity index (χ1n) is 10.8. The molecule has 0 aromatic heterocycles. The predicted molar refractivity (Wildman–Crippen MR) is 119 cm³/mol. The Hall–Kier alpha value is -2.79. The van der Waals surface area contributed by atoms with Crippen molar-refractivity contribution in [3.05, 3.63) is 71.3 Å². The first kappa shape index (κ1) is 19.2. The molecule has 3 aliphatic rings. The van der Waals surface area contributed by atoms with Gasteiger partial charge in [0.25, 0.3) is 5.91 Å². The number of allylic oxidation sites excluding steroid dienone is 2. The summed E-state index contributed by atoms with van der Waals surface area (Å²) in [6, 6.07) is 14.6. The third-order valence-electron chi connectivity index (χ3n) is 6.87. The number of likely N-dealkylation sites (N-methyl/N-ethyl adjacent to an activating group) is 1. The number of nitrogens with one attached hydrogen (secondary N) is 1. The molecule has 1 amide bonds. The third-order valence-corrected chi connectivity index (χ3v) is 6.87. The topological polar surface area (TPSA) is 44.8 Å². The van der Waals surface area contributed by atoms with Crippen molar-refractivity contribution >= 4 is 11.6 Å². The number of para-hydroxylation sites is 1. The minimum atomic E-state index is 0.136. The molecule has 1 fully saturated rings. The quantitative estimate of drug-likeness (QED) is 0.790. The van der Waals surface area contributed by atoms with Crippen molar-refractivity contribution < 1.29 is 9.53 Å². The lowest BCUT2D eigenvalue weighted by atomic mass is 9.76. The van der Waals surface area contributed by atoms with Gasteiger partial charge in [0.2, 0.25) is 0 Å². The molecule has 2 heterocycles. The molecule has 2 aromatic rings. The summed E-state index contributed by atoms with van der Waals surface area (Å²) in [7, 11) is 3.81. The highest BCUT2D eigenvalue weighted by atomic mass is 16.5. The van der Waals surface area contributed by atoms with Crippen molar-refractivity contribution in [2.75, 3.05) is 45.7 Å². The van der Waals surface area contributed by atoms with Crippen LogP contribution in [-0.2, 0) is 0 Å². The zero-order valence-electron chi connectivity index (χ0n) is 17.7. The SMILES string of the molecule is COc1cccc(C2Nc3c(C(=O)N4CCN(C)CC4)cccc3C3C=CCC32)c1. The maximum atomic E-state index is 13.4. The lowest BCUT2D eigenvalue weighted by molar-refractivity contribution is 0.0664. The molecule has 5 nitrogen and oxygen atoms in total.